The lowest BCUT2D eigenvalue weighted by atomic mass is 10.1. The molecule has 1 N–H and O–H groups in total. The molecule has 0 bridgehead atoms. The predicted molar refractivity (Wildman–Crippen MR) is 122 cm³/mol. The fourth-order valence-electron chi connectivity index (χ4n) is 3.40. The molecule has 1 fully saturated rings. The molecule has 3 heterocycles. The van der Waals surface area contributed by atoms with Crippen LogP contribution in [0.4, 0.5) is 11.5 Å². The van der Waals surface area contributed by atoms with Gasteiger partial charge in [0.05, 0.1) is 19.5 Å². The van der Waals surface area contributed by atoms with Crippen LogP contribution >= 0.6 is 0 Å². The number of aromatic nitrogens is 2. The molecule has 0 saturated carbocycles. The Balaban J connectivity index is 1.58. The third kappa shape index (κ3) is 5.30. The highest BCUT2D eigenvalue weighted by Crippen LogP contribution is 2.31. The van der Waals surface area contributed by atoms with Crippen molar-refractivity contribution in [2.45, 2.75) is 24.4 Å². The van der Waals surface area contributed by atoms with E-state index in [9.17, 15) is 9.35 Å². The molecule has 1 aliphatic rings. The zero-order valence-electron chi connectivity index (χ0n) is 17.9. The van der Waals surface area contributed by atoms with Gasteiger partial charge in [0.15, 0.2) is 0 Å². The topological polar surface area (TPSA) is 99.6 Å². The third-order valence-corrected chi connectivity index (χ3v) is 5.90. The first-order chi connectivity index (χ1) is 15.5. The van der Waals surface area contributed by atoms with E-state index in [1.165, 1.54) is 0 Å². The Morgan fingerprint density at radius 3 is 2.56 bits per heavy atom. The summed E-state index contributed by atoms with van der Waals surface area (Å²) >= 11 is -1.15. The van der Waals surface area contributed by atoms with Crippen LogP contribution in [0, 0.1) is 0 Å². The smallest absolute Gasteiger partial charge is 0.244 e. The van der Waals surface area contributed by atoms with Crippen molar-refractivity contribution in [3.63, 3.8) is 0 Å². The van der Waals surface area contributed by atoms with Crippen LogP contribution in [0.1, 0.15) is 18.4 Å². The quantitative estimate of drug-likeness (QED) is 0.518. The number of benzene rings is 1. The van der Waals surface area contributed by atoms with Gasteiger partial charge in [-0.05, 0) is 42.8 Å². The Bertz CT molecular complexity index is 1070. The molecule has 2 aromatic heterocycles. The van der Waals surface area contributed by atoms with E-state index in [2.05, 4.69) is 15.3 Å². The maximum absolute atomic E-state index is 12.2. The molecule has 1 aliphatic heterocycles. The van der Waals surface area contributed by atoms with E-state index in [0.717, 1.165) is 24.2 Å². The highest BCUT2D eigenvalue weighted by atomic mass is 32.2. The fourth-order valence-corrected chi connectivity index (χ4v) is 3.86. The number of carbonyl (C=O) groups excluding carboxylic acids is 1. The summed E-state index contributed by atoms with van der Waals surface area (Å²) in [4.78, 5) is 22.6. The van der Waals surface area contributed by atoms with Crippen LogP contribution in [-0.4, -0.2) is 45.2 Å². The van der Waals surface area contributed by atoms with E-state index < -0.39 is 11.2 Å². The number of likely N-dealkylation sites (tertiary alicyclic amines) is 1. The maximum Gasteiger partial charge on any atom is 0.244 e. The van der Waals surface area contributed by atoms with E-state index in [-0.39, 0.29) is 5.91 Å². The van der Waals surface area contributed by atoms with Crippen molar-refractivity contribution in [2.75, 3.05) is 25.2 Å². The van der Waals surface area contributed by atoms with E-state index in [1.807, 2.05) is 35.2 Å². The molecule has 0 spiro atoms. The third-order valence-electron chi connectivity index (χ3n) is 5.07. The van der Waals surface area contributed by atoms with Gasteiger partial charge in [-0.25, -0.2) is 9.97 Å². The van der Waals surface area contributed by atoms with E-state index in [4.69, 9.17) is 9.47 Å². The first kappa shape index (κ1) is 21.9. The number of hydrogen-bond donors (Lipinski definition) is 1. The van der Waals surface area contributed by atoms with Crippen LogP contribution in [-0.2, 0) is 22.5 Å². The number of methoxy groups -OCH3 is 1. The molecule has 1 saturated heterocycles. The number of anilines is 2. The Labute approximate surface area is 189 Å². The second-order valence-electron chi connectivity index (χ2n) is 7.34. The maximum atomic E-state index is 12.2. The lowest BCUT2D eigenvalue weighted by molar-refractivity contribution is -0.128. The number of nitrogens with zero attached hydrogens (tertiary/aromatic N) is 3. The summed E-state index contributed by atoms with van der Waals surface area (Å²) in [6.45, 7) is 1.18. The predicted octanol–water partition coefficient (Wildman–Crippen LogP) is 3.88. The minimum atomic E-state index is -1.15. The molecule has 0 aliphatic carbocycles. The molecule has 4 rings (SSSR count). The summed E-state index contributed by atoms with van der Waals surface area (Å²) < 4.78 is 22.8. The Hall–Kier alpha value is -3.30. The number of nitrogens with one attached hydrogen (secondary N) is 1. The summed E-state index contributed by atoms with van der Waals surface area (Å²) in [6, 6.07) is 12.8. The molecule has 3 aromatic rings. The number of hydrogen-bond acceptors (Lipinski definition) is 7. The van der Waals surface area contributed by atoms with Crippen molar-refractivity contribution < 1.29 is 18.8 Å². The number of pyridine rings is 2. The van der Waals surface area contributed by atoms with Crippen LogP contribution in [0.15, 0.2) is 59.9 Å². The van der Waals surface area contributed by atoms with Crippen molar-refractivity contribution in [3.8, 4) is 17.2 Å². The van der Waals surface area contributed by atoms with Crippen molar-refractivity contribution in [2.24, 2.45) is 0 Å². The average Bonchev–Trinajstić information content (AvgIpc) is 3.20. The van der Waals surface area contributed by atoms with Crippen LogP contribution in [0.25, 0.3) is 0 Å². The Morgan fingerprint density at radius 1 is 1.12 bits per heavy atom. The average molecular weight is 453 g/mol. The van der Waals surface area contributed by atoms with Gasteiger partial charge < -0.3 is 24.2 Å². The first-order valence-corrected chi connectivity index (χ1v) is 11.7. The second kappa shape index (κ2) is 9.88. The molecule has 1 aromatic carbocycles. The molecular formula is C23H24N4O4S. The lowest BCUT2D eigenvalue weighted by Gasteiger charge is -2.19. The highest BCUT2D eigenvalue weighted by Gasteiger charge is 2.22. The monoisotopic (exact) mass is 452 g/mol. The van der Waals surface area contributed by atoms with Crippen molar-refractivity contribution in [1.29, 1.82) is 0 Å². The summed E-state index contributed by atoms with van der Waals surface area (Å²) in [5, 5.41) is 3.76. The molecule has 8 nitrogen and oxygen atoms in total. The van der Waals surface area contributed by atoms with Crippen LogP contribution in [0.3, 0.4) is 0 Å². The van der Waals surface area contributed by atoms with Gasteiger partial charge in [0.1, 0.15) is 29.3 Å². The summed E-state index contributed by atoms with van der Waals surface area (Å²) in [5.74, 6) is 2.66. The zero-order valence-corrected chi connectivity index (χ0v) is 18.7. The van der Waals surface area contributed by atoms with E-state index in [0.29, 0.717) is 41.1 Å². The molecule has 32 heavy (non-hydrogen) atoms. The van der Waals surface area contributed by atoms with Crippen LogP contribution in [0.2, 0.25) is 0 Å². The minimum absolute atomic E-state index is 0.141. The molecule has 9 heteroatoms. The molecule has 0 radical (unpaired) electrons. The normalized spacial score (nSPS) is 14.3. The zero-order chi connectivity index (χ0) is 22.5. The van der Waals surface area contributed by atoms with Gasteiger partial charge in [0, 0.05) is 48.0 Å². The lowest BCUT2D eigenvalue weighted by Crippen LogP contribution is -2.24. The standard InChI is InChI=1S/C23H24N4O4S/c1-30-18-6-9-21(24-13-18)26-17-5-8-20(16(12-17)15-27-11-3-4-23(27)28)31-19-7-10-22(25-14-19)32(2)29/h5-10,12-14H,3-4,11,15H2,1-2H3,(H,24,26). The van der Waals surface area contributed by atoms with Gasteiger partial charge in [-0.3, -0.25) is 4.79 Å². The molecule has 166 valence electrons. The molecular weight excluding hydrogens is 428 g/mol. The summed E-state index contributed by atoms with van der Waals surface area (Å²) in [6.07, 6.45) is 6.21. The van der Waals surface area contributed by atoms with Crippen molar-refractivity contribution in [3.05, 3.63) is 60.4 Å². The first-order valence-electron chi connectivity index (χ1n) is 10.2. The highest BCUT2D eigenvalue weighted by molar-refractivity contribution is 7.90. The van der Waals surface area contributed by atoms with Crippen LogP contribution < -0.4 is 14.8 Å². The largest absolute Gasteiger partial charge is 0.610 e. The SMILES string of the molecule is COc1ccc(Nc2ccc(Oc3ccc([S+](C)[O-])nc3)c(CN3CCCC3=O)c2)nc1. The van der Waals surface area contributed by atoms with Gasteiger partial charge in [0.2, 0.25) is 10.9 Å². The van der Waals surface area contributed by atoms with Gasteiger partial charge >= 0.3 is 0 Å². The molecule has 1 amide bonds. The Morgan fingerprint density at radius 2 is 1.94 bits per heavy atom. The van der Waals surface area contributed by atoms with Gasteiger partial charge in [0.25, 0.3) is 0 Å². The molecule has 1 atom stereocenters. The van der Waals surface area contributed by atoms with Gasteiger partial charge in [-0.2, -0.15) is 0 Å². The fraction of sp³-hybridized carbons (Fsp3) is 0.261. The molecule has 1 unspecified atom stereocenters. The van der Waals surface area contributed by atoms with Crippen molar-refractivity contribution >= 4 is 28.6 Å². The second-order valence-corrected chi connectivity index (χ2v) is 8.66. The number of carbonyl (C=O) groups is 1. The summed E-state index contributed by atoms with van der Waals surface area (Å²) in [7, 11) is 1.60. The van der Waals surface area contributed by atoms with Gasteiger partial charge in [-0.1, -0.05) is 0 Å². The van der Waals surface area contributed by atoms with Crippen LogP contribution in [0.5, 0.6) is 17.2 Å². The number of ether oxygens (including phenoxy) is 2. The van der Waals surface area contributed by atoms with Crippen molar-refractivity contribution in [1.82, 2.24) is 14.9 Å². The minimum Gasteiger partial charge on any atom is -0.610 e. The number of rotatable bonds is 8. The Kier molecular flexibility index (Phi) is 6.77. The van der Waals surface area contributed by atoms with E-state index >= 15 is 0 Å². The van der Waals surface area contributed by atoms with Gasteiger partial charge in [-0.15, -0.1) is 0 Å². The van der Waals surface area contributed by atoms with E-state index in [1.54, 1.807) is 37.9 Å². The summed E-state index contributed by atoms with van der Waals surface area (Å²) in [5.41, 5.74) is 1.69. The number of amides is 1.